The largest absolute Gasteiger partial charge is 0.346 e. The molecule has 0 aliphatic heterocycles. The van der Waals surface area contributed by atoms with E-state index < -0.39 is 0 Å². The van der Waals surface area contributed by atoms with Crippen LogP contribution in [-0.4, -0.2) is 23.6 Å². The van der Waals surface area contributed by atoms with Crippen LogP contribution in [0.5, 0.6) is 0 Å². The highest BCUT2D eigenvalue weighted by atomic mass is 79.9. The van der Waals surface area contributed by atoms with E-state index in [1.165, 1.54) is 80.8 Å². The Hall–Kier alpha value is -9.62. The average Bonchev–Trinajstić information content (AvgIpc) is 2.84. The van der Waals surface area contributed by atoms with Crippen LogP contribution in [0.3, 0.4) is 0 Å². The summed E-state index contributed by atoms with van der Waals surface area (Å²) in [6.07, 6.45) is 0. The van der Waals surface area contributed by atoms with Gasteiger partial charge in [-0.15, -0.1) is 0 Å². The van der Waals surface area contributed by atoms with E-state index in [2.05, 4.69) is 138 Å². The Morgan fingerprint density at radius 2 is 0.466 bits per heavy atom. The molecule has 88 heavy (non-hydrogen) atoms. The maximum Gasteiger partial charge on any atom is 0.251 e. The third-order valence-electron chi connectivity index (χ3n) is 14.9. The number of hydrogen-bond donors (Lipinski definition) is 4. The highest BCUT2D eigenvalue weighted by Crippen LogP contribution is 2.25. The summed E-state index contributed by atoms with van der Waals surface area (Å²) >= 11 is 6.75. The van der Waals surface area contributed by atoms with E-state index in [1.54, 1.807) is 0 Å². The van der Waals surface area contributed by atoms with E-state index in [1.807, 2.05) is 161 Å². The summed E-state index contributed by atoms with van der Waals surface area (Å²) in [5.74, 6) is -1.24. The summed E-state index contributed by atoms with van der Waals surface area (Å²) in [7, 11) is 0. The molecule has 12 aromatic rings. The van der Waals surface area contributed by atoms with Gasteiger partial charge in [-0.1, -0.05) is 177 Å². The van der Waals surface area contributed by atoms with Gasteiger partial charge in [-0.2, -0.15) is 0 Å². The van der Waals surface area contributed by atoms with Crippen LogP contribution in [0.1, 0.15) is 116 Å². The number of fused-ring (bicyclic) bond motifs is 4. The lowest BCUT2D eigenvalue weighted by Crippen LogP contribution is -2.26. The third-order valence-corrected chi connectivity index (χ3v) is 16.0. The van der Waals surface area contributed by atoms with E-state index in [-0.39, 0.29) is 59.4 Å². The number of benzene rings is 12. The van der Waals surface area contributed by atoms with Gasteiger partial charge in [-0.25, -0.2) is 8.78 Å². The van der Waals surface area contributed by atoms with Crippen molar-refractivity contribution in [3.8, 4) is 0 Å². The second kappa shape index (κ2) is 30.1. The van der Waals surface area contributed by atoms with Crippen molar-refractivity contribution < 1.29 is 28.0 Å². The van der Waals surface area contributed by atoms with Crippen LogP contribution in [0.2, 0.25) is 0 Å². The molecule has 0 bridgehead atoms. The molecule has 4 amide bonds. The average molecular weight is 1300 g/mol. The van der Waals surface area contributed by atoms with Crippen molar-refractivity contribution in [1.82, 2.24) is 21.3 Å². The molecule has 0 saturated heterocycles. The first kappa shape index (κ1) is 62.9. The van der Waals surface area contributed by atoms with Gasteiger partial charge in [0.15, 0.2) is 0 Å². The molecule has 0 aromatic heterocycles. The van der Waals surface area contributed by atoms with E-state index in [0.29, 0.717) is 22.3 Å². The zero-order valence-corrected chi connectivity index (χ0v) is 52.0. The topological polar surface area (TPSA) is 116 Å². The predicted molar refractivity (Wildman–Crippen MR) is 360 cm³/mol. The number of carbonyl (C=O) groups excluding carboxylic acids is 4. The summed E-state index contributed by atoms with van der Waals surface area (Å²) < 4.78 is 27.7. The Bertz CT molecular complexity index is 3810. The molecule has 12 heteroatoms. The second-order valence-corrected chi connectivity index (χ2v) is 23.1. The lowest BCUT2D eigenvalue weighted by atomic mass is 10.0. The van der Waals surface area contributed by atoms with Crippen LogP contribution in [0, 0.1) is 11.6 Å². The molecular weight excluding hydrogens is 1230 g/mol. The molecule has 4 N–H and O–H groups in total. The minimum absolute atomic E-state index is 0.0410. The summed E-state index contributed by atoms with van der Waals surface area (Å²) in [5.41, 5.74) is 6.51. The molecule has 0 heterocycles. The highest BCUT2D eigenvalue weighted by Gasteiger charge is 2.16. The first-order chi connectivity index (χ1) is 42.5. The molecule has 12 rings (SSSR count). The number of rotatable bonds is 12. The van der Waals surface area contributed by atoms with Gasteiger partial charge in [0.2, 0.25) is 0 Å². The summed E-state index contributed by atoms with van der Waals surface area (Å²) in [4.78, 5) is 48.9. The Labute approximate surface area is 528 Å². The van der Waals surface area contributed by atoms with Gasteiger partial charge >= 0.3 is 0 Å². The number of nitrogens with one attached hydrogen (secondary N) is 4. The molecule has 4 atom stereocenters. The normalized spacial score (nSPS) is 12.1. The Kier molecular flexibility index (Phi) is 21.5. The number of halogens is 4. The van der Waals surface area contributed by atoms with Crippen LogP contribution < -0.4 is 21.3 Å². The fourth-order valence-electron chi connectivity index (χ4n) is 9.77. The van der Waals surface area contributed by atoms with Crippen molar-refractivity contribution in [2.45, 2.75) is 51.9 Å². The fraction of sp³-hybridized carbons (Fsp3) is 0.105. The molecule has 0 saturated carbocycles. The molecule has 0 radical (unpaired) electrons. The van der Waals surface area contributed by atoms with E-state index in [0.717, 1.165) is 42.0 Å². The molecule has 0 aliphatic carbocycles. The first-order valence-corrected chi connectivity index (χ1v) is 30.3. The van der Waals surface area contributed by atoms with Crippen molar-refractivity contribution >= 4 is 98.6 Å². The van der Waals surface area contributed by atoms with Crippen LogP contribution in [0.15, 0.2) is 276 Å². The number of hydrogen-bond acceptors (Lipinski definition) is 4. The Balaban J connectivity index is 0.000000140. The van der Waals surface area contributed by atoms with Gasteiger partial charge < -0.3 is 21.3 Å². The van der Waals surface area contributed by atoms with Crippen molar-refractivity contribution in [3.05, 3.63) is 332 Å². The molecular formula is C76H64Br2F2N4O4. The molecule has 440 valence electrons. The third kappa shape index (κ3) is 17.3. The van der Waals surface area contributed by atoms with Crippen molar-refractivity contribution in [1.29, 1.82) is 0 Å². The molecule has 8 nitrogen and oxygen atoms in total. The highest BCUT2D eigenvalue weighted by molar-refractivity contribution is 9.10. The molecule has 12 aromatic carbocycles. The van der Waals surface area contributed by atoms with Crippen molar-refractivity contribution in [2.24, 2.45) is 0 Å². The standard InChI is InChI=1S/2C19H16BrNO.2C19H16FNO/c4*1-13(21-19(22)15-8-10-18(20)11-9-15)16-7-6-14-4-2-3-5-17(14)12-16/h4*2-13H,1H3,(H,21,22)/t4*13-/m1100/s1. The van der Waals surface area contributed by atoms with Gasteiger partial charge in [0.1, 0.15) is 11.6 Å². The van der Waals surface area contributed by atoms with Crippen LogP contribution in [-0.2, 0) is 0 Å². The number of carbonyl (C=O) groups is 4. The Morgan fingerprint density at radius 3 is 0.682 bits per heavy atom. The maximum atomic E-state index is 12.9. The summed E-state index contributed by atoms with van der Waals surface area (Å²) in [6, 6.07) is 83.0. The van der Waals surface area contributed by atoms with Crippen LogP contribution in [0.25, 0.3) is 43.1 Å². The van der Waals surface area contributed by atoms with E-state index >= 15 is 0 Å². The van der Waals surface area contributed by atoms with Gasteiger partial charge in [-0.3, -0.25) is 19.2 Å². The minimum atomic E-state index is -0.348. The summed E-state index contributed by atoms with van der Waals surface area (Å²) in [5, 5.41) is 21.4. The van der Waals surface area contributed by atoms with Gasteiger partial charge in [0.05, 0.1) is 24.2 Å². The molecule has 0 spiro atoms. The minimum Gasteiger partial charge on any atom is -0.346 e. The molecule has 0 aliphatic rings. The van der Waals surface area contributed by atoms with Gasteiger partial charge in [0.25, 0.3) is 23.6 Å². The fourth-order valence-corrected chi connectivity index (χ4v) is 10.3. The SMILES string of the molecule is C[C@@H](NC(=O)c1ccc(Br)cc1)c1ccc2ccccc2c1.C[C@@H](NC(=O)c1ccc(Br)cc1)c1ccc2ccccc2c1.C[C@H](NC(=O)c1ccc(F)cc1)c1ccc2ccccc2c1.C[C@H](NC(=O)c1ccc(F)cc1)c1ccc2ccccc2c1. The molecule has 0 fully saturated rings. The van der Waals surface area contributed by atoms with E-state index in [4.69, 9.17) is 0 Å². The number of amides is 4. The first-order valence-electron chi connectivity index (χ1n) is 28.7. The Morgan fingerprint density at radius 1 is 0.273 bits per heavy atom. The van der Waals surface area contributed by atoms with E-state index in [9.17, 15) is 28.0 Å². The van der Waals surface area contributed by atoms with Crippen LogP contribution >= 0.6 is 31.9 Å². The van der Waals surface area contributed by atoms with Gasteiger partial charge in [-0.05, 0) is 214 Å². The van der Waals surface area contributed by atoms with Crippen molar-refractivity contribution in [3.63, 3.8) is 0 Å². The lowest BCUT2D eigenvalue weighted by molar-refractivity contribution is 0.0931. The zero-order valence-electron chi connectivity index (χ0n) is 48.9. The predicted octanol–water partition coefficient (Wildman–Crippen LogP) is 19.1. The van der Waals surface area contributed by atoms with Crippen LogP contribution in [0.4, 0.5) is 8.78 Å². The molecule has 0 unspecified atom stereocenters. The quantitative estimate of drug-likeness (QED) is 0.0975. The van der Waals surface area contributed by atoms with Gasteiger partial charge in [0, 0.05) is 31.2 Å². The maximum absolute atomic E-state index is 12.9. The summed E-state index contributed by atoms with van der Waals surface area (Å²) in [6.45, 7) is 7.87. The monoisotopic (exact) mass is 1290 g/mol. The lowest BCUT2D eigenvalue weighted by Gasteiger charge is -2.15. The smallest absolute Gasteiger partial charge is 0.251 e. The zero-order chi connectivity index (χ0) is 62.1. The van der Waals surface area contributed by atoms with Crippen molar-refractivity contribution in [2.75, 3.05) is 0 Å². The second-order valence-electron chi connectivity index (χ2n) is 21.2.